The molecule has 1 saturated heterocycles. The molecule has 0 bridgehead atoms. The minimum absolute atomic E-state index is 0.0148. The zero-order valence-corrected chi connectivity index (χ0v) is 19.8. The summed E-state index contributed by atoms with van der Waals surface area (Å²) in [5.74, 6) is -0.381. The lowest BCUT2D eigenvalue weighted by Crippen LogP contribution is -2.22. The lowest BCUT2D eigenvalue weighted by atomic mass is 9.83. The third-order valence-electron chi connectivity index (χ3n) is 6.51. The molecule has 6 nitrogen and oxygen atoms in total. The van der Waals surface area contributed by atoms with Gasteiger partial charge in [0.1, 0.15) is 11.5 Å². The van der Waals surface area contributed by atoms with E-state index in [1.165, 1.54) is 12.1 Å². The van der Waals surface area contributed by atoms with Crippen molar-refractivity contribution in [2.24, 2.45) is 5.41 Å². The molecule has 1 aromatic heterocycles. The average Bonchev–Trinajstić information content (AvgIpc) is 3.35. The van der Waals surface area contributed by atoms with Crippen LogP contribution >= 0.6 is 0 Å². The Labute approximate surface area is 202 Å². The van der Waals surface area contributed by atoms with Crippen molar-refractivity contribution in [2.45, 2.75) is 19.8 Å². The number of carbonyl (C=O) groups excluding carboxylic acids is 1. The first-order chi connectivity index (χ1) is 16.7. The van der Waals surface area contributed by atoms with Crippen LogP contribution in [0.25, 0.3) is 27.8 Å². The van der Waals surface area contributed by atoms with E-state index in [0.29, 0.717) is 34.4 Å². The largest absolute Gasteiger partial charge is 0.294 e. The number of Topliss-reactive ketones (excluding diaryl/α,β-unsaturated/α-hetero) is 1. The van der Waals surface area contributed by atoms with Gasteiger partial charge in [0.15, 0.2) is 15.6 Å². The highest BCUT2D eigenvalue weighted by molar-refractivity contribution is 7.91. The molecule has 0 radical (unpaired) electrons. The van der Waals surface area contributed by atoms with E-state index >= 15 is 0 Å². The van der Waals surface area contributed by atoms with Crippen molar-refractivity contribution in [1.29, 1.82) is 5.26 Å². The maximum absolute atomic E-state index is 13.6. The van der Waals surface area contributed by atoms with Gasteiger partial charge in [-0.3, -0.25) is 4.79 Å². The van der Waals surface area contributed by atoms with Crippen molar-refractivity contribution in [2.75, 3.05) is 11.5 Å². The van der Waals surface area contributed by atoms with Crippen LogP contribution in [-0.4, -0.2) is 35.5 Å². The number of hydrogen-bond donors (Lipinski definition) is 0. The van der Waals surface area contributed by atoms with E-state index < -0.39 is 15.3 Å². The van der Waals surface area contributed by atoms with E-state index in [-0.39, 0.29) is 29.5 Å². The molecule has 0 amide bonds. The summed E-state index contributed by atoms with van der Waals surface area (Å²) in [5, 5.41) is 14.9. The SMILES string of the molecule is CC1(CC(=O)c2ccc3c(-c4cccc(C#N)c4)nn(-c4ccc(F)cc4)c3c2)CCS(=O)(=O)C1. The van der Waals surface area contributed by atoms with Crippen molar-refractivity contribution in [3.63, 3.8) is 0 Å². The predicted molar refractivity (Wildman–Crippen MR) is 132 cm³/mol. The molecule has 8 heteroatoms. The fourth-order valence-corrected chi connectivity index (χ4v) is 6.98. The second-order valence-electron chi connectivity index (χ2n) is 9.41. The number of hydrogen-bond acceptors (Lipinski definition) is 5. The number of rotatable bonds is 5. The van der Waals surface area contributed by atoms with Crippen molar-refractivity contribution in [3.05, 3.63) is 83.7 Å². The second-order valence-corrected chi connectivity index (χ2v) is 11.6. The molecule has 0 spiro atoms. The number of carbonyl (C=O) groups is 1. The maximum atomic E-state index is 13.6. The van der Waals surface area contributed by atoms with Gasteiger partial charge in [0.2, 0.25) is 0 Å². The van der Waals surface area contributed by atoms with Gasteiger partial charge in [-0.1, -0.05) is 25.1 Å². The number of nitrogens with zero attached hydrogens (tertiary/aromatic N) is 3. The Balaban J connectivity index is 1.61. The summed E-state index contributed by atoms with van der Waals surface area (Å²) < 4.78 is 39.2. The Morgan fingerprint density at radius 3 is 2.60 bits per heavy atom. The third kappa shape index (κ3) is 4.47. The van der Waals surface area contributed by atoms with Gasteiger partial charge < -0.3 is 0 Å². The first-order valence-electron chi connectivity index (χ1n) is 11.2. The molecule has 1 aliphatic heterocycles. The molecule has 2 heterocycles. The number of fused-ring (bicyclic) bond motifs is 1. The quantitative estimate of drug-likeness (QED) is 0.365. The summed E-state index contributed by atoms with van der Waals surface area (Å²) in [6.07, 6.45) is 0.607. The van der Waals surface area contributed by atoms with Crippen LogP contribution in [0.15, 0.2) is 66.7 Å². The second kappa shape index (κ2) is 8.43. The van der Waals surface area contributed by atoms with Gasteiger partial charge in [-0.05, 0) is 60.4 Å². The lowest BCUT2D eigenvalue weighted by molar-refractivity contribution is 0.0934. The smallest absolute Gasteiger partial charge is 0.163 e. The van der Waals surface area contributed by atoms with Crippen molar-refractivity contribution >= 4 is 26.5 Å². The molecule has 0 N–H and O–H groups in total. The van der Waals surface area contributed by atoms with E-state index in [1.54, 1.807) is 47.1 Å². The fourth-order valence-electron chi connectivity index (χ4n) is 4.72. The minimum Gasteiger partial charge on any atom is -0.294 e. The Kier molecular flexibility index (Phi) is 5.53. The number of aromatic nitrogens is 2. The van der Waals surface area contributed by atoms with E-state index in [0.717, 1.165) is 10.9 Å². The molecule has 1 aliphatic rings. The van der Waals surface area contributed by atoms with Crippen molar-refractivity contribution in [1.82, 2.24) is 9.78 Å². The Hall–Kier alpha value is -3.83. The van der Waals surface area contributed by atoms with Crippen LogP contribution in [0.1, 0.15) is 35.7 Å². The standard InChI is InChI=1S/C27H22FN3O3S/c1-27(11-12-35(33,34)17-27)15-25(32)19-5-10-23-24(14-19)31(22-8-6-21(28)7-9-22)30-26(23)20-4-2-3-18(13-20)16-29/h2-10,13-14H,11-12,15,17H2,1H3. The molecule has 35 heavy (non-hydrogen) atoms. The predicted octanol–water partition coefficient (Wildman–Crippen LogP) is 5.10. The average molecular weight is 488 g/mol. The highest BCUT2D eigenvalue weighted by Crippen LogP contribution is 2.37. The zero-order chi connectivity index (χ0) is 24.8. The molecule has 1 unspecified atom stereocenters. The van der Waals surface area contributed by atoms with E-state index in [4.69, 9.17) is 5.10 Å². The van der Waals surface area contributed by atoms with Crippen molar-refractivity contribution in [3.8, 4) is 23.0 Å². The van der Waals surface area contributed by atoms with Gasteiger partial charge in [-0.2, -0.15) is 10.4 Å². The van der Waals surface area contributed by atoms with Gasteiger partial charge in [0, 0.05) is 22.9 Å². The summed E-state index contributed by atoms with van der Waals surface area (Å²) in [6.45, 7) is 1.84. The molecule has 5 rings (SSSR count). The van der Waals surface area contributed by atoms with Gasteiger partial charge in [-0.15, -0.1) is 0 Å². The highest BCUT2D eigenvalue weighted by Gasteiger charge is 2.39. The van der Waals surface area contributed by atoms with Gasteiger partial charge in [0.25, 0.3) is 0 Å². The number of benzene rings is 3. The van der Waals surface area contributed by atoms with E-state index in [9.17, 15) is 22.9 Å². The fraction of sp³-hybridized carbons (Fsp3) is 0.222. The summed E-state index contributed by atoms with van der Waals surface area (Å²) in [4.78, 5) is 13.2. The third-order valence-corrected chi connectivity index (χ3v) is 8.47. The monoisotopic (exact) mass is 487 g/mol. The number of nitriles is 1. The first-order valence-corrected chi connectivity index (χ1v) is 13.0. The summed E-state index contributed by atoms with van der Waals surface area (Å²) in [6, 6.07) is 20.4. The van der Waals surface area contributed by atoms with Gasteiger partial charge >= 0.3 is 0 Å². The molecule has 176 valence electrons. The van der Waals surface area contributed by atoms with Crippen LogP contribution in [-0.2, 0) is 9.84 Å². The molecular weight excluding hydrogens is 465 g/mol. The topological polar surface area (TPSA) is 92.8 Å². The molecule has 1 atom stereocenters. The molecule has 1 fully saturated rings. The van der Waals surface area contributed by atoms with Crippen molar-refractivity contribution < 1.29 is 17.6 Å². The Bertz CT molecular complexity index is 1620. The summed E-state index contributed by atoms with van der Waals surface area (Å²) in [5.41, 5.74) is 3.04. The maximum Gasteiger partial charge on any atom is 0.163 e. The molecule has 0 aliphatic carbocycles. The number of sulfone groups is 1. The number of ketones is 1. The van der Waals surface area contributed by atoms with Crippen LogP contribution in [0.5, 0.6) is 0 Å². The highest BCUT2D eigenvalue weighted by atomic mass is 32.2. The molecule has 3 aromatic carbocycles. The Morgan fingerprint density at radius 2 is 1.91 bits per heavy atom. The zero-order valence-electron chi connectivity index (χ0n) is 19.0. The summed E-state index contributed by atoms with van der Waals surface area (Å²) in [7, 11) is -3.12. The molecule has 0 saturated carbocycles. The molecular formula is C27H22FN3O3S. The van der Waals surface area contributed by atoms with Crippen LogP contribution in [0.2, 0.25) is 0 Å². The van der Waals surface area contributed by atoms with Gasteiger partial charge in [0.05, 0.1) is 34.3 Å². The number of halogens is 1. The first kappa shape index (κ1) is 22.9. The van der Waals surface area contributed by atoms with Gasteiger partial charge in [-0.25, -0.2) is 17.5 Å². The van der Waals surface area contributed by atoms with Crippen LogP contribution in [0.3, 0.4) is 0 Å². The molecule has 4 aromatic rings. The minimum atomic E-state index is -3.12. The summed E-state index contributed by atoms with van der Waals surface area (Å²) >= 11 is 0. The van der Waals surface area contributed by atoms with Crippen LogP contribution in [0.4, 0.5) is 4.39 Å². The van der Waals surface area contributed by atoms with E-state index in [2.05, 4.69) is 6.07 Å². The van der Waals surface area contributed by atoms with Crippen LogP contribution < -0.4 is 0 Å². The van der Waals surface area contributed by atoms with Crippen LogP contribution in [0, 0.1) is 22.6 Å². The Morgan fingerprint density at radius 1 is 1.14 bits per heavy atom. The lowest BCUT2D eigenvalue weighted by Gasteiger charge is -2.20. The van der Waals surface area contributed by atoms with E-state index in [1.807, 2.05) is 19.1 Å². The normalized spacial score (nSPS) is 19.0.